The lowest BCUT2D eigenvalue weighted by Crippen LogP contribution is -1.82. The first-order valence-electron chi connectivity index (χ1n) is 4.48. The third kappa shape index (κ3) is 1.54. The van der Waals surface area contributed by atoms with E-state index >= 15 is 0 Å². The van der Waals surface area contributed by atoms with Gasteiger partial charge in [-0.3, -0.25) is 0 Å². The van der Waals surface area contributed by atoms with E-state index in [0.29, 0.717) is 0 Å². The van der Waals surface area contributed by atoms with Crippen molar-refractivity contribution < 1.29 is 0 Å². The fourth-order valence-electron chi connectivity index (χ4n) is 1.53. The van der Waals surface area contributed by atoms with Gasteiger partial charge in [-0.2, -0.15) is 0 Å². The fraction of sp³-hybridized carbons (Fsp3) is 0.167. The highest BCUT2D eigenvalue weighted by atomic mass is 35.5. The van der Waals surface area contributed by atoms with Crippen LogP contribution in [0.25, 0.3) is 10.8 Å². The summed E-state index contributed by atoms with van der Waals surface area (Å²) in [6.07, 6.45) is 0.990. The Balaban J connectivity index is 2.74. The summed E-state index contributed by atoms with van der Waals surface area (Å²) in [5.74, 6) is 0. The first-order valence-corrected chi connectivity index (χ1v) is 4.86. The molecule has 1 heteroatoms. The lowest BCUT2D eigenvalue weighted by atomic mass is 10.1. The minimum atomic E-state index is 0.876. The fourth-order valence-corrected chi connectivity index (χ4v) is 1.84. The Labute approximate surface area is 83.1 Å². The van der Waals surface area contributed by atoms with Gasteiger partial charge in [-0.15, -0.1) is 0 Å². The zero-order valence-electron chi connectivity index (χ0n) is 7.55. The van der Waals surface area contributed by atoms with Gasteiger partial charge < -0.3 is 0 Å². The van der Waals surface area contributed by atoms with Crippen molar-refractivity contribution in [1.29, 1.82) is 0 Å². The van der Waals surface area contributed by atoms with Gasteiger partial charge in [-0.1, -0.05) is 42.8 Å². The molecule has 0 nitrogen and oxygen atoms in total. The molecule has 13 heavy (non-hydrogen) atoms. The first kappa shape index (κ1) is 8.58. The van der Waals surface area contributed by atoms with Gasteiger partial charge in [0, 0.05) is 5.02 Å². The van der Waals surface area contributed by atoms with Crippen LogP contribution in [0.2, 0.25) is 5.02 Å². The van der Waals surface area contributed by atoms with Gasteiger partial charge in [-0.25, -0.2) is 0 Å². The van der Waals surface area contributed by atoms with Crippen LogP contribution in [0.4, 0.5) is 0 Å². The number of hydrogen-bond acceptors (Lipinski definition) is 0. The second kappa shape index (κ2) is 3.39. The molecule has 66 valence electrons. The molecular weight excluding hydrogens is 180 g/mol. The number of rotatable bonds is 1. The standard InChI is InChI=1S/C12H11Cl/c1-2-9-7-10-5-3-4-6-11(10)8-12(9)13/h3-8H,2H2,1H3. The molecule has 0 saturated carbocycles. The Morgan fingerprint density at radius 1 is 1.08 bits per heavy atom. The molecule has 0 aliphatic carbocycles. The Bertz CT molecular complexity index is 432. The average Bonchev–Trinajstić information content (AvgIpc) is 2.17. The van der Waals surface area contributed by atoms with Crippen molar-refractivity contribution in [2.45, 2.75) is 13.3 Å². The third-order valence-corrected chi connectivity index (χ3v) is 2.65. The highest BCUT2D eigenvalue weighted by Crippen LogP contribution is 2.23. The summed E-state index contributed by atoms with van der Waals surface area (Å²) in [7, 11) is 0. The van der Waals surface area contributed by atoms with Crippen molar-refractivity contribution in [2.24, 2.45) is 0 Å². The normalized spacial score (nSPS) is 10.6. The largest absolute Gasteiger partial charge is 0.0840 e. The molecule has 0 aliphatic rings. The average molecular weight is 191 g/mol. The molecular formula is C12H11Cl. The summed E-state index contributed by atoms with van der Waals surface area (Å²) in [5.41, 5.74) is 1.22. The van der Waals surface area contributed by atoms with E-state index in [1.165, 1.54) is 16.3 Å². The molecule has 0 atom stereocenters. The van der Waals surface area contributed by atoms with E-state index in [4.69, 9.17) is 11.6 Å². The summed E-state index contributed by atoms with van der Waals surface area (Å²) >= 11 is 6.10. The van der Waals surface area contributed by atoms with Crippen LogP contribution in [-0.4, -0.2) is 0 Å². The lowest BCUT2D eigenvalue weighted by Gasteiger charge is -2.03. The quantitative estimate of drug-likeness (QED) is 0.637. The molecule has 2 aromatic rings. The SMILES string of the molecule is CCc1cc2ccccc2cc1Cl. The molecule has 0 amide bonds. The van der Waals surface area contributed by atoms with Crippen LogP contribution in [0.5, 0.6) is 0 Å². The van der Waals surface area contributed by atoms with Crippen molar-refractivity contribution in [3.8, 4) is 0 Å². The van der Waals surface area contributed by atoms with Crippen LogP contribution < -0.4 is 0 Å². The molecule has 0 bridgehead atoms. The molecule has 2 rings (SSSR count). The summed E-state index contributed by atoms with van der Waals surface area (Å²) in [6.45, 7) is 2.12. The van der Waals surface area contributed by atoms with Gasteiger partial charge in [-0.05, 0) is 34.9 Å². The summed E-state index contributed by atoms with van der Waals surface area (Å²) in [6, 6.07) is 12.5. The number of aryl methyl sites for hydroxylation is 1. The second-order valence-electron chi connectivity index (χ2n) is 3.14. The van der Waals surface area contributed by atoms with Crippen molar-refractivity contribution in [3.63, 3.8) is 0 Å². The van der Waals surface area contributed by atoms with E-state index in [2.05, 4.69) is 31.2 Å². The maximum atomic E-state index is 6.10. The van der Waals surface area contributed by atoms with E-state index in [1.807, 2.05) is 12.1 Å². The van der Waals surface area contributed by atoms with Crippen molar-refractivity contribution >= 4 is 22.4 Å². The first-order chi connectivity index (χ1) is 6.31. The number of fused-ring (bicyclic) bond motifs is 1. The van der Waals surface area contributed by atoms with Gasteiger partial charge in [0.2, 0.25) is 0 Å². The molecule has 0 saturated heterocycles. The van der Waals surface area contributed by atoms with Gasteiger partial charge in [0.25, 0.3) is 0 Å². The second-order valence-corrected chi connectivity index (χ2v) is 3.55. The van der Waals surface area contributed by atoms with Gasteiger partial charge in [0.1, 0.15) is 0 Å². The van der Waals surface area contributed by atoms with Crippen molar-refractivity contribution in [2.75, 3.05) is 0 Å². The van der Waals surface area contributed by atoms with Crippen LogP contribution >= 0.6 is 11.6 Å². The molecule has 0 aromatic heterocycles. The van der Waals surface area contributed by atoms with E-state index in [9.17, 15) is 0 Å². The Hall–Kier alpha value is -1.01. The maximum absolute atomic E-state index is 6.10. The van der Waals surface area contributed by atoms with Gasteiger partial charge in [0.15, 0.2) is 0 Å². The maximum Gasteiger partial charge on any atom is 0.0444 e. The van der Waals surface area contributed by atoms with Crippen LogP contribution in [0.1, 0.15) is 12.5 Å². The molecule has 0 aliphatic heterocycles. The Morgan fingerprint density at radius 3 is 2.31 bits per heavy atom. The predicted molar refractivity (Wildman–Crippen MR) is 58.3 cm³/mol. The smallest absolute Gasteiger partial charge is 0.0444 e. The van der Waals surface area contributed by atoms with Crippen molar-refractivity contribution in [1.82, 2.24) is 0 Å². The van der Waals surface area contributed by atoms with Gasteiger partial charge >= 0.3 is 0 Å². The monoisotopic (exact) mass is 190 g/mol. The number of halogens is 1. The molecule has 0 fully saturated rings. The Kier molecular flexibility index (Phi) is 2.24. The van der Waals surface area contributed by atoms with Crippen molar-refractivity contribution in [3.05, 3.63) is 47.0 Å². The minimum Gasteiger partial charge on any atom is -0.0840 e. The third-order valence-electron chi connectivity index (χ3n) is 2.30. The highest BCUT2D eigenvalue weighted by Gasteiger charge is 1.99. The molecule has 0 unspecified atom stereocenters. The topological polar surface area (TPSA) is 0 Å². The predicted octanol–water partition coefficient (Wildman–Crippen LogP) is 4.06. The lowest BCUT2D eigenvalue weighted by molar-refractivity contribution is 1.15. The summed E-state index contributed by atoms with van der Waals surface area (Å²) in [4.78, 5) is 0. The zero-order chi connectivity index (χ0) is 9.26. The zero-order valence-corrected chi connectivity index (χ0v) is 8.31. The van der Waals surface area contributed by atoms with Crippen LogP contribution in [-0.2, 0) is 6.42 Å². The summed E-state index contributed by atoms with van der Waals surface area (Å²) < 4.78 is 0. The molecule has 0 heterocycles. The van der Waals surface area contributed by atoms with Crippen LogP contribution in [0.15, 0.2) is 36.4 Å². The number of benzene rings is 2. The van der Waals surface area contributed by atoms with Crippen LogP contribution in [0, 0.1) is 0 Å². The van der Waals surface area contributed by atoms with E-state index in [1.54, 1.807) is 0 Å². The van der Waals surface area contributed by atoms with Gasteiger partial charge in [0.05, 0.1) is 0 Å². The van der Waals surface area contributed by atoms with E-state index in [-0.39, 0.29) is 0 Å². The minimum absolute atomic E-state index is 0.876. The Morgan fingerprint density at radius 2 is 1.69 bits per heavy atom. The summed E-state index contributed by atoms with van der Waals surface area (Å²) in [5, 5.41) is 3.36. The highest BCUT2D eigenvalue weighted by molar-refractivity contribution is 6.32. The van der Waals surface area contributed by atoms with E-state index < -0.39 is 0 Å². The molecule has 0 spiro atoms. The number of hydrogen-bond donors (Lipinski definition) is 0. The molecule has 0 radical (unpaired) electrons. The molecule has 2 aromatic carbocycles. The molecule has 0 N–H and O–H groups in total. The van der Waals surface area contributed by atoms with Crippen LogP contribution in [0.3, 0.4) is 0 Å². The van der Waals surface area contributed by atoms with E-state index in [0.717, 1.165) is 11.4 Å².